The van der Waals surface area contributed by atoms with Gasteiger partial charge in [0.2, 0.25) is 10.0 Å². The number of hydrogen-bond donors (Lipinski definition) is 1. The number of amides is 1. The van der Waals surface area contributed by atoms with E-state index in [1.54, 1.807) is 29.2 Å². The zero-order chi connectivity index (χ0) is 11.8. The van der Waals surface area contributed by atoms with Crippen LogP contribution < -0.4 is 4.72 Å². The van der Waals surface area contributed by atoms with Crippen molar-refractivity contribution in [3.05, 3.63) is 29.8 Å². The average molecular weight is 240 g/mol. The lowest BCUT2D eigenvalue weighted by Crippen LogP contribution is -2.12. The summed E-state index contributed by atoms with van der Waals surface area (Å²) in [7, 11) is -3.26. The van der Waals surface area contributed by atoms with Gasteiger partial charge in [-0.1, -0.05) is 0 Å². The molecule has 1 fully saturated rings. The zero-order valence-corrected chi connectivity index (χ0v) is 9.62. The molecule has 1 amide bonds. The van der Waals surface area contributed by atoms with Crippen LogP contribution in [0.2, 0.25) is 0 Å². The highest BCUT2D eigenvalue weighted by atomic mass is 32.2. The van der Waals surface area contributed by atoms with Crippen molar-refractivity contribution in [1.29, 1.82) is 0 Å². The molecule has 0 atom stereocenters. The van der Waals surface area contributed by atoms with E-state index in [1.165, 1.54) is 0 Å². The lowest BCUT2D eigenvalue weighted by atomic mass is 10.2. The highest BCUT2D eigenvalue weighted by molar-refractivity contribution is 7.92. The van der Waals surface area contributed by atoms with Gasteiger partial charge in [0.25, 0.3) is 5.91 Å². The Morgan fingerprint density at radius 2 is 1.81 bits per heavy atom. The Balaban J connectivity index is 2.12. The van der Waals surface area contributed by atoms with Gasteiger partial charge >= 0.3 is 0 Å². The Kier molecular flexibility index (Phi) is 2.59. The highest BCUT2D eigenvalue weighted by Crippen LogP contribution is 2.15. The smallest absolute Gasteiger partial charge is 0.253 e. The summed E-state index contributed by atoms with van der Waals surface area (Å²) in [4.78, 5) is 13.3. The fraction of sp³-hybridized carbons (Fsp3) is 0.300. The summed E-state index contributed by atoms with van der Waals surface area (Å²) < 4.78 is 24.2. The molecule has 0 unspecified atom stereocenters. The molecule has 1 aliphatic heterocycles. The van der Waals surface area contributed by atoms with Crippen molar-refractivity contribution in [1.82, 2.24) is 4.90 Å². The molecule has 1 saturated heterocycles. The van der Waals surface area contributed by atoms with Crippen LogP contribution in [0.5, 0.6) is 0 Å². The van der Waals surface area contributed by atoms with Crippen LogP contribution >= 0.6 is 0 Å². The summed E-state index contributed by atoms with van der Waals surface area (Å²) in [5.74, 6) is -0.00842. The molecule has 1 aromatic rings. The second-order valence-corrected chi connectivity index (χ2v) is 5.49. The second-order valence-electron chi connectivity index (χ2n) is 3.74. The van der Waals surface area contributed by atoms with Crippen molar-refractivity contribution in [2.45, 2.75) is 0 Å². The zero-order valence-electron chi connectivity index (χ0n) is 8.80. The first kappa shape index (κ1) is 10.9. The molecule has 86 valence electrons. The Hall–Kier alpha value is -1.56. The molecule has 5 nitrogen and oxygen atoms in total. The molecule has 0 aliphatic carbocycles. The SMILES string of the molecule is CS(=O)(=O)Nc1ccc(C(=O)N2CC2)cc1. The first-order chi connectivity index (χ1) is 7.46. The summed E-state index contributed by atoms with van der Waals surface area (Å²) in [6, 6.07) is 6.40. The van der Waals surface area contributed by atoms with Crippen LogP contribution in [-0.2, 0) is 10.0 Å². The number of anilines is 1. The molecule has 16 heavy (non-hydrogen) atoms. The minimum absolute atomic E-state index is 0.00842. The van der Waals surface area contributed by atoms with Crippen LogP contribution in [0.1, 0.15) is 10.4 Å². The van der Waals surface area contributed by atoms with Crippen LogP contribution in [0.4, 0.5) is 5.69 Å². The molecule has 0 aromatic heterocycles. The molecular weight excluding hydrogens is 228 g/mol. The van der Waals surface area contributed by atoms with Gasteiger partial charge in [-0.05, 0) is 24.3 Å². The van der Waals surface area contributed by atoms with Crippen LogP contribution in [0.25, 0.3) is 0 Å². The summed E-state index contributed by atoms with van der Waals surface area (Å²) in [5.41, 5.74) is 1.04. The number of carbonyl (C=O) groups excluding carboxylic acids is 1. The van der Waals surface area contributed by atoms with E-state index in [2.05, 4.69) is 4.72 Å². The van der Waals surface area contributed by atoms with Crippen molar-refractivity contribution in [2.75, 3.05) is 24.1 Å². The minimum Gasteiger partial charge on any atom is -0.335 e. The van der Waals surface area contributed by atoms with Gasteiger partial charge < -0.3 is 4.90 Å². The number of sulfonamides is 1. The molecule has 6 heteroatoms. The monoisotopic (exact) mass is 240 g/mol. The molecule has 1 N–H and O–H groups in total. The summed E-state index contributed by atoms with van der Waals surface area (Å²) in [6.45, 7) is 1.62. The van der Waals surface area contributed by atoms with Crippen molar-refractivity contribution in [3.8, 4) is 0 Å². The third-order valence-electron chi connectivity index (χ3n) is 2.17. The maximum Gasteiger partial charge on any atom is 0.253 e. The van der Waals surface area contributed by atoms with Crippen LogP contribution in [0.3, 0.4) is 0 Å². The summed E-state index contributed by atoms with van der Waals surface area (Å²) in [6.07, 6.45) is 1.09. The molecular formula is C10H12N2O3S. The molecule has 0 bridgehead atoms. The van der Waals surface area contributed by atoms with Crippen LogP contribution in [0, 0.1) is 0 Å². The van der Waals surface area contributed by atoms with E-state index in [0.717, 1.165) is 19.3 Å². The third-order valence-corrected chi connectivity index (χ3v) is 2.78. The predicted octanol–water partition coefficient (Wildman–Crippen LogP) is 0.514. The molecule has 2 rings (SSSR count). The molecule has 1 aliphatic rings. The Labute approximate surface area is 94.1 Å². The van der Waals surface area contributed by atoms with Crippen molar-refractivity contribution in [3.63, 3.8) is 0 Å². The van der Waals surface area contributed by atoms with Crippen molar-refractivity contribution < 1.29 is 13.2 Å². The van der Waals surface area contributed by atoms with E-state index in [-0.39, 0.29) is 5.91 Å². The Bertz CT molecular complexity index is 503. The van der Waals surface area contributed by atoms with Gasteiger partial charge in [-0.15, -0.1) is 0 Å². The van der Waals surface area contributed by atoms with Gasteiger partial charge in [-0.3, -0.25) is 9.52 Å². The highest BCUT2D eigenvalue weighted by Gasteiger charge is 2.24. The van der Waals surface area contributed by atoms with E-state index >= 15 is 0 Å². The van der Waals surface area contributed by atoms with E-state index in [4.69, 9.17) is 0 Å². The fourth-order valence-electron chi connectivity index (χ4n) is 1.33. The maximum atomic E-state index is 11.6. The normalized spacial score (nSPS) is 14.7. The maximum absolute atomic E-state index is 11.6. The number of carbonyl (C=O) groups is 1. The molecule has 1 aromatic carbocycles. The van der Waals surface area contributed by atoms with Gasteiger partial charge in [-0.25, -0.2) is 8.42 Å². The molecule has 0 saturated carbocycles. The van der Waals surface area contributed by atoms with E-state index < -0.39 is 10.0 Å². The van der Waals surface area contributed by atoms with Gasteiger partial charge in [0, 0.05) is 24.3 Å². The Morgan fingerprint density at radius 1 is 1.25 bits per heavy atom. The second kappa shape index (κ2) is 3.79. The van der Waals surface area contributed by atoms with Crippen LogP contribution in [-0.4, -0.2) is 38.6 Å². The summed E-state index contributed by atoms with van der Waals surface area (Å²) >= 11 is 0. The number of benzene rings is 1. The van der Waals surface area contributed by atoms with E-state index in [1.807, 2.05) is 0 Å². The van der Waals surface area contributed by atoms with Gasteiger partial charge in [-0.2, -0.15) is 0 Å². The van der Waals surface area contributed by atoms with Gasteiger partial charge in [0.1, 0.15) is 0 Å². The fourth-order valence-corrected chi connectivity index (χ4v) is 1.89. The van der Waals surface area contributed by atoms with Gasteiger partial charge in [0.15, 0.2) is 0 Å². The minimum atomic E-state index is -3.26. The lowest BCUT2D eigenvalue weighted by Gasteiger charge is -2.05. The number of nitrogens with zero attached hydrogens (tertiary/aromatic N) is 1. The van der Waals surface area contributed by atoms with E-state index in [0.29, 0.717) is 11.3 Å². The standard InChI is InChI=1S/C10H12N2O3S/c1-16(14,15)11-9-4-2-8(3-5-9)10(13)12-6-7-12/h2-5,11H,6-7H2,1H3. The predicted molar refractivity (Wildman–Crippen MR) is 60.8 cm³/mol. The number of rotatable bonds is 3. The lowest BCUT2D eigenvalue weighted by molar-refractivity contribution is 0.0885. The van der Waals surface area contributed by atoms with Crippen LogP contribution in [0.15, 0.2) is 24.3 Å². The van der Waals surface area contributed by atoms with Gasteiger partial charge in [0.05, 0.1) is 6.26 Å². The number of nitrogens with one attached hydrogen (secondary N) is 1. The molecule has 0 radical (unpaired) electrons. The van der Waals surface area contributed by atoms with Crippen molar-refractivity contribution in [2.24, 2.45) is 0 Å². The topological polar surface area (TPSA) is 66.2 Å². The van der Waals surface area contributed by atoms with E-state index in [9.17, 15) is 13.2 Å². The Morgan fingerprint density at radius 3 is 2.25 bits per heavy atom. The third kappa shape index (κ3) is 2.73. The average Bonchev–Trinajstić information content (AvgIpc) is 2.98. The largest absolute Gasteiger partial charge is 0.335 e. The summed E-state index contributed by atoms with van der Waals surface area (Å²) in [5, 5.41) is 0. The molecule has 0 spiro atoms. The first-order valence-electron chi connectivity index (χ1n) is 4.83. The molecule has 1 heterocycles. The quantitative estimate of drug-likeness (QED) is 0.783. The first-order valence-corrected chi connectivity index (χ1v) is 6.72. The number of hydrogen-bond acceptors (Lipinski definition) is 3. The van der Waals surface area contributed by atoms with Crippen molar-refractivity contribution >= 4 is 21.6 Å².